The third-order valence-corrected chi connectivity index (χ3v) is 2.98. The molecule has 0 saturated carbocycles. The lowest BCUT2D eigenvalue weighted by Gasteiger charge is -2.19. The second-order valence-electron chi connectivity index (χ2n) is 6.03. The van der Waals surface area contributed by atoms with Crippen LogP contribution in [0.15, 0.2) is 31.0 Å². The Morgan fingerprint density at radius 1 is 1.36 bits per heavy atom. The maximum absolute atomic E-state index is 11.6. The Hall–Kier alpha value is -2.31. The lowest BCUT2D eigenvalue weighted by atomic mass is 10.2. The Morgan fingerprint density at radius 3 is 2.86 bits per heavy atom. The van der Waals surface area contributed by atoms with E-state index in [1.54, 1.807) is 12.5 Å². The summed E-state index contributed by atoms with van der Waals surface area (Å²) in [5, 5.41) is 6.93. The molecule has 7 heteroatoms. The number of aromatic nitrogens is 4. The van der Waals surface area contributed by atoms with Gasteiger partial charge in [-0.15, -0.1) is 0 Å². The highest BCUT2D eigenvalue weighted by Crippen LogP contribution is 2.06. The van der Waals surface area contributed by atoms with Crippen LogP contribution in [0.5, 0.6) is 0 Å². The molecule has 1 amide bonds. The van der Waals surface area contributed by atoms with Crippen molar-refractivity contribution < 1.29 is 9.53 Å². The van der Waals surface area contributed by atoms with Crippen LogP contribution in [-0.4, -0.2) is 37.6 Å². The fraction of sp³-hybridized carbons (Fsp3) is 0.533. The number of imidazole rings is 1. The van der Waals surface area contributed by atoms with E-state index in [0.717, 1.165) is 18.8 Å². The molecule has 0 aromatic carbocycles. The van der Waals surface area contributed by atoms with Crippen molar-refractivity contribution in [3.05, 3.63) is 36.7 Å². The van der Waals surface area contributed by atoms with E-state index in [1.165, 1.54) is 0 Å². The molecule has 0 unspecified atom stereocenters. The van der Waals surface area contributed by atoms with Crippen LogP contribution in [0.4, 0.5) is 4.79 Å². The number of amides is 1. The van der Waals surface area contributed by atoms with E-state index in [2.05, 4.69) is 20.0 Å². The number of ether oxygens (including phenoxy) is 1. The number of carbonyl (C=O) groups excluding carboxylic acids is 1. The van der Waals surface area contributed by atoms with Gasteiger partial charge >= 0.3 is 6.09 Å². The van der Waals surface area contributed by atoms with Crippen LogP contribution in [0, 0.1) is 0 Å². The smallest absolute Gasteiger partial charge is 0.407 e. The maximum Gasteiger partial charge on any atom is 0.407 e. The highest BCUT2D eigenvalue weighted by Gasteiger charge is 2.15. The van der Waals surface area contributed by atoms with Gasteiger partial charge in [0.2, 0.25) is 0 Å². The molecule has 2 aromatic heterocycles. The fourth-order valence-electron chi connectivity index (χ4n) is 2.01. The number of carbonyl (C=O) groups is 1. The minimum atomic E-state index is -0.477. The molecule has 0 radical (unpaired) electrons. The number of rotatable bonds is 6. The molecule has 0 saturated heterocycles. The van der Waals surface area contributed by atoms with Crippen LogP contribution in [0.1, 0.15) is 26.5 Å². The van der Waals surface area contributed by atoms with Gasteiger partial charge in [-0.3, -0.25) is 4.68 Å². The third-order valence-electron chi connectivity index (χ3n) is 2.98. The van der Waals surface area contributed by atoms with E-state index >= 15 is 0 Å². The van der Waals surface area contributed by atoms with Crippen LogP contribution in [-0.2, 0) is 24.2 Å². The van der Waals surface area contributed by atoms with Crippen molar-refractivity contribution in [2.45, 2.75) is 45.9 Å². The van der Waals surface area contributed by atoms with Crippen LogP contribution in [0.3, 0.4) is 0 Å². The van der Waals surface area contributed by atoms with Crippen LogP contribution in [0.2, 0.25) is 0 Å². The SMILES string of the molecule is CC(C)(C)OC(=O)NCCc1cncn1CCn1cccn1. The number of nitrogens with zero attached hydrogens (tertiary/aromatic N) is 4. The predicted molar refractivity (Wildman–Crippen MR) is 82.4 cm³/mol. The second kappa shape index (κ2) is 7.11. The topological polar surface area (TPSA) is 74.0 Å². The van der Waals surface area contributed by atoms with E-state index in [-0.39, 0.29) is 0 Å². The molecule has 2 heterocycles. The van der Waals surface area contributed by atoms with Crippen molar-refractivity contribution in [3.8, 4) is 0 Å². The molecular weight excluding hydrogens is 282 g/mol. The number of hydrogen-bond donors (Lipinski definition) is 1. The van der Waals surface area contributed by atoms with Crippen LogP contribution < -0.4 is 5.32 Å². The van der Waals surface area contributed by atoms with Gasteiger partial charge in [0.25, 0.3) is 0 Å². The Bertz CT molecular complexity index is 583. The number of nitrogens with one attached hydrogen (secondary N) is 1. The first-order valence-corrected chi connectivity index (χ1v) is 7.37. The normalized spacial score (nSPS) is 11.4. The molecule has 0 aliphatic rings. The molecule has 2 rings (SSSR count). The van der Waals surface area contributed by atoms with Crippen molar-refractivity contribution in [1.29, 1.82) is 0 Å². The summed E-state index contributed by atoms with van der Waals surface area (Å²) in [7, 11) is 0. The Kier molecular flexibility index (Phi) is 5.19. The van der Waals surface area contributed by atoms with E-state index in [1.807, 2.05) is 43.9 Å². The summed E-state index contributed by atoms with van der Waals surface area (Å²) >= 11 is 0. The van der Waals surface area contributed by atoms with Crippen molar-refractivity contribution in [2.24, 2.45) is 0 Å². The molecule has 0 aliphatic carbocycles. The summed E-state index contributed by atoms with van der Waals surface area (Å²) in [4.78, 5) is 15.8. The van der Waals surface area contributed by atoms with Crippen molar-refractivity contribution in [1.82, 2.24) is 24.6 Å². The largest absolute Gasteiger partial charge is 0.444 e. The number of hydrogen-bond acceptors (Lipinski definition) is 4. The molecule has 0 fully saturated rings. The molecule has 120 valence electrons. The summed E-state index contributed by atoms with van der Waals surface area (Å²) < 4.78 is 9.15. The van der Waals surface area contributed by atoms with Gasteiger partial charge in [-0.25, -0.2) is 9.78 Å². The van der Waals surface area contributed by atoms with Gasteiger partial charge in [0.1, 0.15) is 5.60 Å². The zero-order valence-corrected chi connectivity index (χ0v) is 13.3. The summed E-state index contributed by atoms with van der Waals surface area (Å²) in [6.07, 6.45) is 7.63. The minimum absolute atomic E-state index is 0.393. The number of alkyl carbamates (subject to hydrolysis) is 1. The molecular formula is C15H23N5O2. The molecule has 0 atom stereocenters. The highest BCUT2D eigenvalue weighted by atomic mass is 16.6. The molecule has 0 aliphatic heterocycles. The first-order valence-electron chi connectivity index (χ1n) is 7.37. The molecule has 0 bridgehead atoms. The predicted octanol–water partition coefficient (Wildman–Crippen LogP) is 1.85. The minimum Gasteiger partial charge on any atom is -0.444 e. The first kappa shape index (κ1) is 16.1. The van der Waals surface area contributed by atoms with E-state index in [9.17, 15) is 4.79 Å². The van der Waals surface area contributed by atoms with E-state index < -0.39 is 11.7 Å². The Balaban J connectivity index is 1.76. The average Bonchev–Trinajstić information content (AvgIpc) is 3.04. The van der Waals surface area contributed by atoms with E-state index in [4.69, 9.17) is 4.74 Å². The van der Waals surface area contributed by atoms with Gasteiger partial charge in [0.05, 0.1) is 12.9 Å². The average molecular weight is 305 g/mol. The summed E-state index contributed by atoms with van der Waals surface area (Å²) in [5.41, 5.74) is 0.596. The van der Waals surface area contributed by atoms with Gasteiger partial charge in [0, 0.05) is 43.8 Å². The molecule has 7 nitrogen and oxygen atoms in total. The van der Waals surface area contributed by atoms with Gasteiger partial charge in [-0.05, 0) is 26.8 Å². The molecule has 22 heavy (non-hydrogen) atoms. The molecule has 1 N–H and O–H groups in total. The van der Waals surface area contributed by atoms with Crippen molar-refractivity contribution in [2.75, 3.05) is 6.54 Å². The van der Waals surface area contributed by atoms with Gasteiger partial charge in [-0.2, -0.15) is 5.10 Å². The summed E-state index contributed by atoms with van der Waals surface area (Å²) in [5.74, 6) is 0. The Morgan fingerprint density at radius 2 is 2.18 bits per heavy atom. The third kappa shape index (κ3) is 5.23. The lowest BCUT2D eigenvalue weighted by Crippen LogP contribution is -2.33. The molecule has 2 aromatic rings. The standard InChI is InChI=1S/C15H23N5O2/c1-15(2,3)22-14(21)17-7-5-13-11-16-12-19(13)9-10-20-8-4-6-18-20/h4,6,8,11-12H,5,7,9-10H2,1-3H3,(H,17,21). The van der Waals surface area contributed by atoms with E-state index in [0.29, 0.717) is 13.0 Å². The van der Waals surface area contributed by atoms with Crippen LogP contribution in [0.25, 0.3) is 0 Å². The summed E-state index contributed by atoms with van der Waals surface area (Å²) in [6, 6.07) is 1.90. The summed E-state index contributed by atoms with van der Waals surface area (Å²) in [6.45, 7) is 7.63. The van der Waals surface area contributed by atoms with Gasteiger partial charge in [0.15, 0.2) is 0 Å². The number of aryl methyl sites for hydroxylation is 2. The quantitative estimate of drug-likeness (QED) is 0.884. The second-order valence-corrected chi connectivity index (χ2v) is 6.03. The lowest BCUT2D eigenvalue weighted by molar-refractivity contribution is 0.0528. The highest BCUT2D eigenvalue weighted by molar-refractivity contribution is 5.67. The zero-order chi connectivity index (χ0) is 16.0. The van der Waals surface area contributed by atoms with Crippen molar-refractivity contribution in [3.63, 3.8) is 0 Å². The zero-order valence-electron chi connectivity index (χ0n) is 13.3. The fourth-order valence-corrected chi connectivity index (χ4v) is 2.01. The van der Waals surface area contributed by atoms with Gasteiger partial charge < -0.3 is 14.6 Å². The Labute approximate surface area is 130 Å². The van der Waals surface area contributed by atoms with Crippen molar-refractivity contribution >= 4 is 6.09 Å². The first-order chi connectivity index (χ1) is 10.4. The maximum atomic E-state index is 11.6. The monoisotopic (exact) mass is 305 g/mol. The van der Waals surface area contributed by atoms with Crippen LogP contribution >= 0.6 is 0 Å². The van der Waals surface area contributed by atoms with Gasteiger partial charge in [-0.1, -0.05) is 0 Å². The molecule has 0 spiro atoms.